The lowest BCUT2D eigenvalue weighted by atomic mass is 9.69. The summed E-state index contributed by atoms with van der Waals surface area (Å²) in [6.45, 7) is 2.20. The number of fused-ring (bicyclic) bond motifs is 1. The smallest absolute Gasteiger partial charge is 0.206 e. The molecule has 0 amide bonds. The standard InChI is InChI=1S/C20H25F5/c1-2-3-12-4-6-13(7-5-12)14-8-9-16-15(10-14)11-17(21)18(19(16)22)20(23,24)25/h11-14H,2-10H2,1H3. The van der Waals surface area contributed by atoms with E-state index in [2.05, 4.69) is 6.92 Å². The van der Waals surface area contributed by atoms with Crippen LogP contribution in [0.5, 0.6) is 0 Å². The second-order valence-electron chi connectivity index (χ2n) is 7.76. The molecule has 1 aromatic rings. The first-order valence-corrected chi connectivity index (χ1v) is 9.38. The fourth-order valence-corrected chi connectivity index (χ4v) is 4.89. The van der Waals surface area contributed by atoms with Gasteiger partial charge in [0.25, 0.3) is 0 Å². The second-order valence-corrected chi connectivity index (χ2v) is 7.76. The molecule has 2 aliphatic carbocycles. The molecule has 0 aromatic heterocycles. The summed E-state index contributed by atoms with van der Waals surface area (Å²) in [4.78, 5) is 0. The summed E-state index contributed by atoms with van der Waals surface area (Å²) in [7, 11) is 0. The zero-order chi connectivity index (χ0) is 18.2. The predicted molar refractivity (Wildman–Crippen MR) is 87.2 cm³/mol. The van der Waals surface area contributed by atoms with Gasteiger partial charge in [0, 0.05) is 0 Å². The molecule has 1 fully saturated rings. The summed E-state index contributed by atoms with van der Waals surface area (Å²) in [5.41, 5.74) is -1.22. The molecule has 1 unspecified atom stereocenters. The van der Waals surface area contributed by atoms with Crippen LogP contribution in [0, 0.1) is 29.4 Å². The SMILES string of the molecule is CCCC1CCC(C2CCc3c(cc(F)c(C(F)(F)F)c3F)C2)CC1. The van der Waals surface area contributed by atoms with Gasteiger partial charge in [-0.25, -0.2) is 8.78 Å². The van der Waals surface area contributed by atoms with Crippen molar-refractivity contribution >= 4 is 0 Å². The fourth-order valence-electron chi connectivity index (χ4n) is 4.89. The molecule has 0 saturated heterocycles. The highest BCUT2D eigenvalue weighted by atomic mass is 19.4. The van der Waals surface area contributed by atoms with Gasteiger partial charge in [0.15, 0.2) is 0 Å². The molecule has 25 heavy (non-hydrogen) atoms. The summed E-state index contributed by atoms with van der Waals surface area (Å²) in [6.07, 6.45) is 3.65. The molecule has 1 atom stereocenters. The molecule has 0 nitrogen and oxygen atoms in total. The molecular weight excluding hydrogens is 335 g/mol. The molecule has 0 heterocycles. The van der Waals surface area contributed by atoms with Crippen molar-refractivity contribution < 1.29 is 22.0 Å². The lowest BCUT2D eigenvalue weighted by Crippen LogP contribution is -2.28. The second kappa shape index (κ2) is 7.24. The van der Waals surface area contributed by atoms with Crippen LogP contribution in [0.4, 0.5) is 22.0 Å². The number of benzene rings is 1. The predicted octanol–water partition coefficient (Wildman–Crippen LogP) is 6.70. The average Bonchev–Trinajstić information content (AvgIpc) is 2.54. The van der Waals surface area contributed by atoms with Crippen molar-refractivity contribution in [3.8, 4) is 0 Å². The first-order valence-electron chi connectivity index (χ1n) is 9.38. The van der Waals surface area contributed by atoms with Gasteiger partial charge in [0.2, 0.25) is 0 Å². The van der Waals surface area contributed by atoms with Crippen LogP contribution in [0.1, 0.15) is 68.6 Å². The van der Waals surface area contributed by atoms with Gasteiger partial charge >= 0.3 is 6.18 Å². The van der Waals surface area contributed by atoms with E-state index in [1.165, 1.54) is 25.7 Å². The van der Waals surface area contributed by atoms with Crippen molar-refractivity contribution in [1.82, 2.24) is 0 Å². The van der Waals surface area contributed by atoms with Gasteiger partial charge in [-0.3, -0.25) is 0 Å². The number of hydrogen-bond acceptors (Lipinski definition) is 0. The minimum Gasteiger partial charge on any atom is -0.206 e. The van der Waals surface area contributed by atoms with Gasteiger partial charge in [0.1, 0.15) is 17.2 Å². The van der Waals surface area contributed by atoms with Gasteiger partial charge < -0.3 is 0 Å². The third-order valence-electron chi connectivity index (χ3n) is 6.20. The highest BCUT2D eigenvalue weighted by molar-refractivity contribution is 5.38. The van der Waals surface area contributed by atoms with Crippen LogP contribution in [0.2, 0.25) is 0 Å². The lowest BCUT2D eigenvalue weighted by Gasteiger charge is -2.36. The molecule has 5 heteroatoms. The Morgan fingerprint density at radius 3 is 2.28 bits per heavy atom. The summed E-state index contributed by atoms with van der Waals surface area (Å²) >= 11 is 0. The number of rotatable bonds is 3. The Hall–Kier alpha value is -1.13. The number of hydrogen-bond donors (Lipinski definition) is 0. The van der Waals surface area contributed by atoms with Gasteiger partial charge in [-0.05, 0) is 67.1 Å². The van der Waals surface area contributed by atoms with E-state index in [-0.39, 0.29) is 12.0 Å². The molecule has 0 bridgehead atoms. The summed E-state index contributed by atoms with van der Waals surface area (Å²) in [5, 5.41) is 0. The van der Waals surface area contributed by atoms with Gasteiger partial charge in [0.05, 0.1) is 0 Å². The van der Waals surface area contributed by atoms with E-state index in [1.54, 1.807) is 0 Å². The van der Waals surface area contributed by atoms with Crippen molar-refractivity contribution in [2.24, 2.45) is 17.8 Å². The molecule has 140 valence electrons. The Labute approximate surface area is 145 Å². The highest BCUT2D eigenvalue weighted by Crippen LogP contribution is 2.43. The van der Waals surface area contributed by atoms with Gasteiger partial charge in [-0.1, -0.05) is 32.6 Å². The lowest BCUT2D eigenvalue weighted by molar-refractivity contribution is -0.142. The Morgan fingerprint density at radius 1 is 1.00 bits per heavy atom. The molecule has 1 saturated carbocycles. The number of halogens is 5. The Kier molecular flexibility index (Phi) is 5.40. The van der Waals surface area contributed by atoms with Crippen LogP contribution in [0.25, 0.3) is 0 Å². The van der Waals surface area contributed by atoms with Crippen LogP contribution in [-0.2, 0) is 19.0 Å². The van der Waals surface area contributed by atoms with Crippen molar-refractivity contribution in [3.05, 3.63) is 34.4 Å². The van der Waals surface area contributed by atoms with Crippen LogP contribution in [0.3, 0.4) is 0 Å². The van der Waals surface area contributed by atoms with Gasteiger partial charge in [-0.15, -0.1) is 0 Å². The fraction of sp³-hybridized carbons (Fsp3) is 0.700. The third kappa shape index (κ3) is 3.85. The van der Waals surface area contributed by atoms with Crippen LogP contribution < -0.4 is 0 Å². The first-order chi connectivity index (χ1) is 11.8. The maximum atomic E-state index is 14.3. The largest absolute Gasteiger partial charge is 0.422 e. The molecular formula is C20H25F5. The zero-order valence-electron chi connectivity index (χ0n) is 14.6. The van der Waals surface area contributed by atoms with E-state index in [9.17, 15) is 22.0 Å². The minimum atomic E-state index is -4.99. The van der Waals surface area contributed by atoms with E-state index < -0.39 is 23.4 Å². The van der Waals surface area contributed by atoms with E-state index in [4.69, 9.17) is 0 Å². The average molecular weight is 360 g/mol. The Morgan fingerprint density at radius 2 is 1.68 bits per heavy atom. The minimum absolute atomic E-state index is 0.0737. The van der Waals surface area contributed by atoms with Crippen LogP contribution >= 0.6 is 0 Å². The molecule has 3 rings (SSSR count). The molecule has 2 aliphatic rings. The van der Waals surface area contributed by atoms with Crippen molar-refractivity contribution in [2.45, 2.75) is 70.9 Å². The van der Waals surface area contributed by atoms with Crippen LogP contribution in [0.15, 0.2) is 6.07 Å². The quantitative estimate of drug-likeness (QED) is 0.527. The highest BCUT2D eigenvalue weighted by Gasteiger charge is 2.41. The molecule has 0 aliphatic heterocycles. The Balaban J connectivity index is 1.74. The topological polar surface area (TPSA) is 0 Å². The maximum Gasteiger partial charge on any atom is 0.422 e. The summed E-state index contributed by atoms with van der Waals surface area (Å²) in [5.74, 6) is -1.20. The van der Waals surface area contributed by atoms with Crippen molar-refractivity contribution in [3.63, 3.8) is 0 Å². The van der Waals surface area contributed by atoms with E-state index in [1.807, 2.05) is 0 Å². The maximum absolute atomic E-state index is 14.3. The van der Waals surface area contributed by atoms with Crippen LogP contribution in [-0.4, -0.2) is 0 Å². The van der Waals surface area contributed by atoms with E-state index in [0.717, 1.165) is 24.8 Å². The van der Waals surface area contributed by atoms with E-state index >= 15 is 0 Å². The van der Waals surface area contributed by atoms with Crippen molar-refractivity contribution in [1.29, 1.82) is 0 Å². The number of alkyl halides is 3. The van der Waals surface area contributed by atoms with Gasteiger partial charge in [-0.2, -0.15) is 13.2 Å². The molecule has 0 spiro atoms. The Bertz CT molecular complexity index is 611. The molecule has 0 N–H and O–H groups in total. The monoisotopic (exact) mass is 360 g/mol. The first kappa shape index (κ1) is 18.7. The van der Waals surface area contributed by atoms with E-state index in [0.29, 0.717) is 30.2 Å². The molecule has 0 radical (unpaired) electrons. The normalized spacial score (nSPS) is 27.2. The summed E-state index contributed by atoms with van der Waals surface area (Å²) in [6, 6.07) is 0.927. The third-order valence-corrected chi connectivity index (χ3v) is 6.20. The van der Waals surface area contributed by atoms with Crippen molar-refractivity contribution in [2.75, 3.05) is 0 Å². The molecule has 1 aromatic carbocycles. The zero-order valence-corrected chi connectivity index (χ0v) is 14.6. The summed E-state index contributed by atoms with van der Waals surface area (Å²) < 4.78 is 66.7.